The molecule has 0 spiro atoms. The number of nitrogens with zero attached hydrogens (tertiary/aromatic N) is 1. The number of carbonyl (C=O) groups is 1. The summed E-state index contributed by atoms with van der Waals surface area (Å²) in [4.78, 5) is 13.2. The van der Waals surface area contributed by atoms with Crippen LogP contribution in [0.3, 0.4) is 0 Å². The standard InChI is InChI=1S/C27H22BrNO2/c1-31-23-13-11-22(12-14-23)29-25(19-7-9-21(28)10-8-19)17-24-26(29)15-20(16-27(24)30)18-5-3-2-4-6-18/h2-14,17,20H,15-16H2,1H3/t20-/m0/s1. The zero-order valence-corrected chi connectivity index (χ0v) is 18.8. The van der Waals surface area contributed by atoms with E-state index in [-0.39, 0.29) is 11.7 Å². The summed E-state index contributed by atoms with van der Waals surface area (Å²) in [6.45, 7) is 0. The lowest BCUT2D eigenvalue weighted by Crippen LogP contribution is -2.20. The highest BCUT2D eigenvalue weighted by atomic mass is 79.9. The molecule has 4 aromatic rings. The van der Waals surface area contributed by atoms with Gasteiger partial charge in [0.15, 0.2) is 5.78 Å². The number of halogens is 1. The van der Waals surface area contributed by atoms with Gasteiger partial charge in [0, 0.05) is 27.8 Å². The van der Waals surface area contributed by atoms with Gasteiger partial charge in [0.2, 0.25) is 0 Å². The molecule has 0 radical (unpaired) electrons. The quantitative estimate of drug-likeness (QED) is 0.326. The molecule has 0 fully saturated rings. The fourth-order valence-electron chi connectivity index (χ4n) is 4.45. The molecule has 0 aliphatic heterocycles. The van der Waals surface area contributed by atoms with E-state index in [0.29, 0.717) is 6.42 Å². The lowest BCUT2D eigenvalue weighted by molar-refractivity contribution is 0.0963. The van der Waals surface area contributed by atoms with Crippen LogP contribution < -0.4 is 4.74 Å². The van der Waals surface area contributed by atoms with E-state index in [1.165, 1.54) is 5.56 Å². The number of aromatic nitrogens is 1. The number of hydrogen-bond acceptors (Lipinski definition) is 2. The number of ketones is 1. The molecule has 5 rings (SSSR count). The maximum Gasteiger partial charge on any atom is 0.165 e. The van der Waals surface area contributed by atoms with Crippen LogP contribution in [0.25, 0.3) is 16.9 Å². The summed E-state index contributed by atoms with van der Waals surface area (Å²) in [6, 6.07) is 28.7. The van der Waals surface area contributed by atoms with Gasteiger partial charge in [-0.15, -0.1) is 0 Å². The van der Waals surface area contributed by atoms with Gasteiger partial charge in [-0.05, 0) is 65.9 Å². The largest absolute Gasteiger partial charge is 0.497 e. The normalized spacial score (nSPS) is 15.5. The van der Waals surface area contributed by atoms with Gasteiger partial charge < -0.3 is 9.30 Å². The fourth-order valence-corrected chi connectivity index (χ4v) is 4.72. The summed E-state index contributed by atoms with van der Waals surface area (Å²) in [5, 5.41) is 0. The first-order valence-electron chi connectivity index (χ1n) is 10.4. The van der Waals surface area contributed by atoms with Crippen molar-refractivity contribution in [3.05, 3.63) is 106 Å². The van der Waals surface area contributed by atoms with Crippen molar-refractivity contribution in [2.75, 3.05) is 7.11 Å². The van der Waals surface area contributed by atoms with Gasteiger partial charge in [0.1, 0.15) is 5.75 Å². The van der Waals surface area contributed by atoms with Crippen LogP contribution in [-0.4, -0.2) is 17.5 Å². The van der Waals surface area contributed by atoms with E-state index in [9.17, 15) is 4.79 Å². The molecule has 154 valence electrons. The Bertz CT molecular complexity index is 1220. The van der Waals surface area contributed by atoms with E-state index in [1.807, 2.05) is 42.5 Å². The maximum atomic E-state index is 13.2. The number of hydrogen-bond donors (Lipinski definition) is 0. The van der Waals surface area contributed by atoms with E-state index < -0.39 is 0 Å². The first-order chi connectivity index (χ1) is 15.1. The number of rotatable bonds is 4. The topological polar surface area (TPSA) is 31.2 Å². The van der Waals surface area contributed by atoms with Gasteiger partial charge in [-0.2, -0.15) is 0 Å². The Hall–Kier alpha value is -3.11. The first kappa shape index (κ1) is 19.8. The highest BCUT2D eigenvalue weighted by Gasteiger charge is 2.31. The number of fused-ring (bicyclic) bond motifs is 1. The smallest absolute Gasteiger partial charge is 0.165 e. The SMILES string of the molecule is COc1ccc(-n2c(-c3ccc(Br)cc3)cc3c2C[C@H](c2ccccc2)CC3=O)cc1. The molecule has 31 heavy (non-hydrogen) atoms. The molecular formula is C27H22BrNO2. The van der Waals surface area contributed by atoms with Crippen LogP contribution in [0.15, 0.2) is 89.4 Å². The van der Waals surface area contributed by atoms with Crippen molar-refractivity contribution in [3.8, 4) is 22.7 Å². The van der Waals surface area contributed by atoms with Crippen molar-refractivity contribution in [1.82, 2.24) is 4.57 Å². The van der Waals surface area contributed by atoms with Crippen molar-refractivity contribution in [2.45, 2.75) is 18.8 Å². The lowest BCUT2D eigenvalue weighted by Gasteiger charge is -2.24. The van der Waals surface area contributed by atoms with Crippen molar-refractivity contribution >= 4 is 21.7 Å². The Morgan fingerprint density at radius 2 is 1.61 bits per heavy atom. The summed E-state index contributed by atoms with van der Waals surface area (Å²) >= 11 is 3.52. The number of methoxy groups -OCH3 is 1. The van der Waals surface area contributed by atoms with Crippen LogP contribution in [-0.2, 0) is 6.42 Å². The zero-order valence-electron chi connectivity index (χ0n) is 17.2. The summed E-state index contributed by atoms with van der Waals surface area (Å²) < 4.78 is 8.62. The van der Waals surface area contributed by atoms with Gasteiger partial charge in [0.05, 0.1) is 12.8 Å². The Labute approximate surface area is 190 Å². The summed E-state index contributed by atoms with van der Waals surface area (Å²) in [5.41, 5.74) is 6.27. The number of carbonyl (C=O) groups excluding carboxylic acids is 1. The predicted molar refractivity (Wildman–Crippen MR) is 127 cm³/mol. The average molecular weight is 472 g/mol. The summed E-state index contributed by atoms with van der Waals surface area (Å²) in [7, 11) is 1.67. The van der Waals surface area contributed by atoms with Crippen LogP contribution in [0.4, 0.5) is 0 Å². The monoisotopic (exact) mass is 471 g/mol. The molecule has 0 unspecified atom stereocenters. The van der Waals surface area contributed by atoms with Crippen molar-refractivity contribution in [3.63, 3.8) is 0 Å². The van der Waals surface area contributed by atoms with Gasteiger partial charge in [0.25, 0.3) is 0 Å². The van der Waals surface area contributed by atoms with E-state index in [4.69, 9.17) is 4.74 Å². The predicted octanol–water partition coefficient (Wildman–Crippen LogP) is 6.83. The molecule has 1 aliphatic carbocycles. The highest BCUT2D eigenvalue weighted by molar-refractivity contribution is 9.10. The highest BCUT2D eigenvalue weighted by Crippen LogP contribution is 2.39. The van der Waals surface area contributed by atoms with Gasteiger partial charge in [-0.1, -0.05) is 58.4 Å². The van der Waals surface area contributed by atoms with Crippen molar-refractivity contribution in [2.24, 2.45) is 0 Å². The Balaban J connectivity index is 1.68. The summed E-state index contributed by atoms with van der Waals surface area (Å²) in [6.07, 6.45) is 1.37. The molecule has 0 amide bonds. The number of ether oxygens (including phenoxy) is 1. The molecule has 3 nitrogen and oxygen atoms in total. The third-order valence-corrected chi connectivity index (χ3v) is 6.54. The minimum absolute atomic E-state index is 0.186. The molecule has 0 bridgehead atoms. The third-order valence-electron chi connectivity index (χ3n) is 6.02. The van der Waals surface area contributed by atoms with Crippen molar-refractivity contribution < 1.29 is 9.53 Å². The molecule has 0 N–H and O–H groups in total. The fraction of sp³-hybridized carbons (Fsp3) is 0.148. The molecule has 0 saturated heterocycles. The van der Waals surface area contributed by atoms with Gasteiger partial charge >= 0.3 is 0 Å². The molecule has 0 saturated carbocycles. The molecular weight excluding hydrogens is 450 g/mol. The van der Waals surface area contributed by atoms with E-state index in [2.05, 4.69) is 63.0 Å². The van der Waals surface area contributed by atoms with Gasteiger partial charge in [-0.3, -0.25) is 4.79 Å². The molecule has 1 heterocycles. The second kappa shape index (κ2) is 8.20. The first-order valence-corrected chi connectivity index (χ1v) is 11.2. The second-order valence-electron chi connectivity index (χ2n) is 7.87. The van der Waals surface area contributed by atoms with Crippen LogP contribution in [0.2, 0.25) is 0 Å². The zero-order chi connectivity index (χ0) is 21.4. The second-order valence-corrected chi connectivity index (χ2v) is 8.78. The van der Waals surface area contributed by atoms with Gasteiger partial charge in [-0.25, -0.2) is 0 Å². The number of Topliss-reactive ketones (excluding diaryl/α,β-unsaturated/α-hetero) is 1. The molecule has 4 heteroatoms. The van der Waals surface area contributed by atoms with Crippen LogP contribution >= 0.6 is 15.9 Å². The molecule has 1 aliphatic rings. The minimum Gasteiger partial charge on any atom is -0.497 e. The number of benzene rings is 3. The Kier molecular flexibility index (Phi) is 5.24. The minimum atomic E-state index is 0.186. The third kappa shape index (κ3) is 3.72. The van der Waals surface area contributed by atoms with Crippen LogP contribution in [0.1, 0.15) is 34.0 Å². The van der Waals surface area contributed by atoms with E-state index >= 15 is 0 Å². The molecule has 3 aromatic carbocycles. The van der Waals surface area contributed by atoms with Crippen LogP contribution in [0, 0.1) is 0 Å². The Morgan fingerprint density at radius 1 is 0.903 bits per heavy atom. The average Bonchev–Trinajstić information content (AvgIpc) is 3.20. The maximum absolute atomic E-state index is 13.2. The van der Waals surface area contributed by atoms with Crippen molar-refractivity contribution in [1.29, 1.82) is 0 Å². The lowest BCUT2D eigenvalue weighted by atomic mass is 9.82. The Morgan fingerprint density at radius 3 is 2.29 bits per heavy atom. The molecule has 1 atom stereocenters. The van der Waals surface area contributed by atoms with E-state index in [1.54, 1.807) is 7.11 Å². The molecule has 1 aromatic heterocycles. The summed E-state index contributed by atoms with van der Waals surface area (Å²) in [5.74, 6) is 1.21. The van der Waals surface area contributed by atoms with Crippen LogP contribution in [0.5, 0.6) is 5.75 Å². The van der Waals surface area contributed by atoms with E-state index in [0.717, 1.165) is 44.8 Å².